The van der Waals surface area contributed by atoms with E-state index in [1.807, 2.05) is 6.92 Å². The summed E-state index contributed by atoms with van der Waals surface area (Å²) in [5.74, 6) is -0.183. The second-order valence-corrected chi connectivity index (χ2v) is 4.06. The minimum atomic E-state index is -0.212. The van der Waals surface area contributed by atoms with Gasteiger partial charge in [-0.05, 0) is 31.0 Å². The van der Waals surface area contributed by atoms with Crippen LogP contribution >= 0.6 is 28.3 Å². The van der Waals surface area contributed by atoms with Gasteiger partial charge in [-0.2, -0.15) is 0 Å². The van der Waals surface area contributed by atoms with Crippen molar-refractivity contribution in [2.75, 3.05) is 0 Å². The molecule has 0 aromatic heterocycles. The van der Waals surface area contributed by atoms with Crippen molar-refractivity contribution < 1.29 is 4.39 Å². The third-order valence-electron chi connectivity index (χ3n) is 2.09. The third-order valence-corrected chi connectivity index (χ3v) is 2.54. The highest BCUT2D eigenvalue weighted by Crippen LogP contribution is 2.24. The van der Waals surface area contributed by atoms with Crippen LogP contribution in [0.15, 0.2) is 16.6 Å². The van der Waals surface area contributed by atoms with Gasteiger partial charge in [-0.15, -0.1) is 12.4 Å². The fraction of sp³-hybridized carbons (Fsp3) is 0.400. The lowest BCUT2D eigenvalue weighted by Crippen LogP contribution is -2.11. The Hall–Kier alpha value is -0.120. The number of rotatable bonds is 2. The van der Waals surface area contributed by atoms with Gasteiger partial charge in [0.15, 0.2) is 0 Å². The van der Waals surface area contributed by atoms with E-state index in [0.29, 0.717) is 11.1 Å². The molecule has 2 N–H and O–H groups in total. The number of hydrogen-bond donors (Lipinski definition) is 1. The maximum Gasteiger partial charge on any atom is 0.130 e. The minimum Gasteiger partial charge on any atom is -0.324 e. The smallest absolute Gasteiger partial charge is 0.130 e. The fourth-order valence-electron chi connectivity index (χ4n) is 1.24. The maximum atomic E-state index is 13.5. The first kappa shape index (κ1) is 13.9. The van der Waals surface area contributed by atoms with Crippen LogP contribution in [0.3, 0.4) is 0 Å². The minimum absolute atomic E-state index is 0. The van der Waals surface area contributed by atoms with Crippen molar-refractivity contribution in [2.24, 2.45) is 5.73 Å². The van der Waals surface area contributed by atoms with Gasteiger partial charge in [-0.1, -0.05) is 22.9 Å². The van der Waals surface area contributed by atoms with Crippen molar-refractivity contribution in [1.29, 1.82) is 0 Å². The molecule has 1 rings (SSSR count). The van der Waals surface area contributed by atoms with Gasteiger partial charge in [0.2, 0.25) is 0 Å². The largest absolute Gasteiger partial charge is 0.324 e. The van der Waals surface area contributed by atoms with Crippen LogP contribution in [0.4, 0.5) is 4.39 Å². The van der Waals surface area contributed by atoms with E-state index < -0.39 is 0 Å². The predicted octanol–water partition coefficient (Wildman–Crippen LogP) is 3.73. The van der Waals surface area contributed by atoms with Gasteiger partial charge in [0.05, 0.1) is 0 Å². The topological polar surface area (TPSA) is 26.0 Å². The second-order valence-electron chi connectivity index (χ2n) is 3.14. The SMILES string of the molecule is CC[C@H](N)c1cc(Br)cc(C)c1F.Cl. The zero-order chi connectivity index (χ0) is 10.0. The van der Waals surface area contributed by atoms with Crippen molar-refractivity contribution in [3.05, 3.63) is 33.5 Å². The Kier molecular flexibility index (Phi) is 5.64. The third kappa shape index (κ3) is 2.94. The zero-order valence-corrected chi connectivity index (χ0v) is 10.6. The summed E-state index contributed by atoms with van der Waals surface area (Å²) in [6.07, 6.45) is 0.743. The molecule has 0 aliphatic heterocycles. The summed E-state index contributed by atoms with van der Waals surface area (Å²) in [4.78, 5) is 0. The van der Waals surface area contributed by atoms with Crippen molar-refractivity contribution >= 4 is 28.3 Å². The van der Waals surface area contributed by atoms with E-state index in [1.165, 1.54) is 0 Å². The van der Waals surface area contributed by atoms with Crippen LogP contribution < -0.4 is 5.73 Å². The van der Waals surface area contributed by atoms with Gasteiger partial charge in [-0.3, -0.25) is 0 Å². The average Bonchev–Trinajstić information content (AvgIpc) is 2.10. The summed E-state index contributed by atoms with van der Waals surface area (Å²) in [6.45, 7) is 3.69. The van der Waals surface area contributed by atoms with Crippen LogP contribution in [0.25, 0.3) is 0 Å². The van der Waals surface area contributed by atoms with E-state index in [-0.39, 0.29) is 24.3 Å². The summed E-state index contributed by atoms with van der Waals surface area (Å²) >= 11 is 3.32. The Morgan fingerprint density at radius 3 is 2.57 bits per heavy atom. The monoisotopic (exact) mass is 281 g/mol. The van der Waals surface area contributed by atoms with E-state index in [2.05, 4.69) is 15.9 Å². The zero-order valence-electron chi connectivity index (χ0n) is 8.18. The van der Waals surface area contributed by atoms with E-state index >= 15 is 0 Å². The lowest BCUT2D eigenvalue weighted by Gasteiger charge is -2.12. The van der Waals surface area contributed by atoms with Gasteiger partial charge in [-0.25, -0.2) is 4.39 Å². The molecule has 0 spiro atoms. The normalized spacial score (nSPS) is 12.1. The highest BCUT2D eigenvalue weighted by molar-refractivity contribution is 9.10. The van der Waals surface area contributed by atoms with Crippen molar-refractivity contribution in [2.45, 2.75) is 26.3 Å². The van der Waals surface area contributed by atoms with Gasteiger partial charge in [0.1, 0.15) is 5.82 Å². The molecule has 0 saturated carbocycles. The van der Waals surface area contributed by atoms with Crippen LogP contribution in [0, 0.1) is 12.7 Å². The Morgan fingerprint density at radius 1 is 1.50 bits per heavy atom. The molecule has 0 aliphatic rings. The van der Waals surface area contributed by atoms with Crippen LogP contribution in [0.2, 0.25) is 0 Å². The first-order chi connectivity index (χ1) is 6.06. The molecule has 1 atom stereocenters. The Morgan fingerprint density at radius 2 is 2.07 bits per heavy atom. The first-order valence-electron chi connectivity index (χ1n) is 4.27. The molecule has 0 heterocycles. The predicted molar refractivity (Wildman–Crippen MR) is 63.3 cm³/mol. The molecule has 1 nitrogen and oxygen atoms in total. The quantitative estimate of drug-likeness (QED) is 0.879. The lowest BCUT2D eigenvalue weighted by molar-refractivity contribution is 0.568. The highest BCUT2D eigenvalue weighted by atomic mass is 79.9. The Bertz CT molecular complexity index is 317. The van der Waals surface area contributed by atoms with Gasteiger partial charge in [0, 0.05) is 16.1 Å². The number of hydrogen-bond acceptors (Lipinski definition) is 1. The van der Waals surface area contributed by atoms with Crippen LogP contribution in [0.1, 0.15) is 30.5 Å². The number of benzene rings is 1. The van der Waals surface area contributed by atoms with Crippen molar-refractivity contribution in [3.63, 3.8) is 0 Å². The maximum absolute atomic E-state index is 13.5. The molecule has 1 aromatic rings. The molecule has 1 aromatic carbocycles. The summed E-state index contributed by atoms with van der Waals surface area (Å²) in [7, 11) is 0. The standard InChI is InChI=1S/C10H13BrFN.ClH/c1-3-9(13)8-5-7(11)4-6(2)10(8)12;/h4-5,9H,3,13H2,1-2H3;1H/t9-;/m0./s1. The highest BCUT2D eigenvalue weighted by Gasteiger charge is 2.12. The molecule has 0 amide bonds. The van der Waals surface area contributed by atoms with Crippen molar-refractivity contribution in [1.82, 2.24) is 0 Å². The average molecular weight is 283 g/mol. The van der Waals surface area contributed by atoms with E-state index in [1.54, 1.807) is 19.1 Å². The van der Waals surface area contributed by atoms with Crippen LogP contribution in [0.5, 0.6) is 0 Å². The second kappa shape index (κ2) is 5.69. The van der Waals surface area contributed by atoms with Crippen LogP contribution in [-0.4, -0.2) is 0 Å². The van der Waals surface area contributed by atoms with E-state index in [9.17, 15) is 4.39 Å². The van der Waals surface area contributed by atoms with Gasteiger partial charge < -0.3 is 5.73 Å². The molecule has 0 radical (unpaired) electrons. The fourth-order valence-corrected chi connectivity index (χ4v) is 1.83. The van der Waals surface area contributed by atoms with E-state index in [4.69, 9.17) is 5.73 Å². The Labute approximate surface area is 98.4 Å². The first-order valence-corrected chi connectivity index (χ1v) is 5.06. The molecule has 0 unspecified atom stereocenters. The molecule has 0 fully saturated rings. The van der Waals surface area contributed by atoms with Crippen LogP contribution in [-0.2, 0) is 0 Å². The number of aryl methyl sites for hydroxylation is 1. The molecule has 4 heteroatoms. The molecular weight excluding hydrogens is 268 g/mol. The summed E-state index contributed by atoms with van der Waals surface area (Å²) in [5, 5.41) is 0. The molecule has 14 heavy (non-hydrogen) atoms. The van der Waals surface area contributed by atoms with E-state index in [0.717, 1.165) is 10.9 Å². The van der Waals surface area contributed by atoms with Gasteiger partial charge in [0.25, 0.3) is 0 Å². The molecule has 0 bridgehead atoms. The molecule has 0 saturated heterocycles. The molecule has 0 aliphatic carbocycles. The van der Waals surface area contributed by atoms with Crippen molar-refractivity contribution in [3.8, 4) is 0 Å². The lowest BCUT2D eigenvalue weighted by atomic mass is 10.0. The Balaban J connectivity index is 0.00000169. The molecule has 80 valence electrons. The number of halogens is 3. The number of nitrogens with two attached hydrogens (primary N) is 1. The molecular formula is C10H14BrClFN. The summed E-state index contributed by atoms with van der Waals surface area (Å²) in [5.41, 5.74) is 7.00. The summed E-state index contributed by atoms with van der Waals surface area (Å²) < 4.78 is 14.4. The van der Waals surface area contributed by atoms with Gasteiger partial charge >= 0.3 is 0 Å². The summed E-state index contributed by atoms with van der Waals surface area (Å²) in [6, 6.07) is 3.29.